The molecule has 0 radical (unpaired) electrons. The SMILES string of the molecule is CNc1cncc(C2CCCN2Cc2ccccc2OC)n1. The number of hydrogen-bond acceptors (Lipinski definition) is 5. The highest BCUT2D eigenvalue weighted by Crippen LogP contribution is 2.33. The zero-order chi connectivity index (χ0) is 15.4. The summed E-state index contributed by atoms with van der Waals surface area (Å²) >= 11 is 0. The molecule has 2 aromatic rings. The van der Waals surface area contributed by atoms with E-state index in [0.29, 0.717) is 6.04 Å². The predicted molar refractivity (Wildman–Crippen MR) is 87.0 cm³/mol. The number of ether oxygens (including phenoxy) is 1. The zero-order valence-electron chi connectivity index (χ0n) is 13.1. The first-order chi connectivity index (χ1) is 10.8. The van der Waals surface area contributed by atoms with Crippen molar-refractivity contribution in [1.29, 1.82) is 0 Å². The summed E-state index contributed by atoms with van der Waals surface area (Å²) < 4.78 is 5.47. The predicted octanol–water partition coefficient (Wildman–Crippen LogP) is 2.86. The van der Waals surface area contributed by atoms with Gasteiger partial charge in [-0.25, -0.2) is 4.98 Å². The lowest BCUT2D eigenvalue weighted by molar-refractivity contribution is 0.240. The summed E-state index contributed by atoms with van der Waals surface area (Å²) in [6.45, 7) is 1.95. The van der Waals surface area contributed by atoms with Crippen molar-refractivity contribution in [1.82, 2.24) is 14.9 Å². The van der Waals surface area contributed by atoms with Crippen LogP contribution >= 0.6 is 0 Å². The average molecular weight is 298 g/mol. The number of likely N-dealkylation sites (tertiary alicyclic amines) is 1. The number of anilines is 1. The quantitative estimate of drug-likeness (QED) is 0.920. The summed E-state index contributed by atoms with van der Waals surface area (Å²) in [5.74, 6) is 1.77. The van der Waals surface area contributed by atoms with Crippen LogP contribution in [0, 0.1) is 0 Å². The number of nitrogens with zero attached hydrogens (tertiary/aromatic N) is 3. The Balaban J connectivity index is 1.81. The topological polar surface area (TPSA) is 50.3 Å². The van der Waals surface area contributed by atoms with Gasteiger partial charge in [-0.1, -0.05) is 18.2 Å². The van der Waals surface area contributed by atoms with E-state index in [0.717, 1.165) is 36.8 Å². The number of rotatable bonds is 5. The third kappa shape index (κ3) is 3.04. The number of aromatic nitrogens is 2. The van der Waals surface area contributed by atoms with Crippen LogP contribution in [0.5, 0.6) is 5.75 Å². The highest BCUT2D eigenvalue weighted by molar-refractivity contribution is 5.34. The largest absolute Gasteiger partial charge is 0.496 e. The number of para-hydroxylation sites is 1. The second-order valence-corrected chi connectivity index (χ2v) is 5.52. The van der Waals surface area contributed by atoms with E-state index in [-0.39, 0.29) is 0 Å². The van der Waals surface area contributed by atoms with E-state index in [2.05, 4.69) is 32.3 Å². The summed E-state index contributed by atoms with van der Waals surface area (Å²) in [5.41, 5.74) is 2.26. The highest BCUT2D eigenvalue weighted by atomic mass is 16.5. The van der Waals surface area contributed by atoms with Crippen LogP contribution < -0.4 is 10.1 Å². The minimum Gasteiger partial charge on any atom is -0.496 e. The Kier molecular flexibility index (Phi) is 4.53. The second-order valence-electron chi connectivity index (χ2n) is 5.52. The van der Waals surface area contributed by atoms with Crippen LogP contribution in [0.1, 0.15) is 30.1 Å². The standard InChI is InChI=1S/C17H22N4O/c1-18-17-11-19-10-14(20-17)15-7-5-9-21(15)12-13-6-3-4-8-16(13)22-2/h3-4,6,8,10-11,15H,5,7,9,12H2,1-2H3,(H,18,20). The zero-order valence-corrected chi connectivity index (χ0v) is 13.1. The normalized spacial score (nSPS) is 18.4. The third-order valence-corrected chi connectivity index (χ3v) is 4.18. The Hall–Kier alpha value is -2.14. The van der Waals surface area contributed by atoms with Gasteiger partial charge in [0.25, 0.3) is 0 Å². The first-order valence-electron chi connectivity index (χ1n) is 7.67. The molecule has 0 spiro atoms. The van der Waals surface area contributed by atoms with Crippen LogP contribution in [-0.4, -0.2) is 35.6 Å². The van der Waals surface area contributed by atoms with Crippen LogP contribution in [0.3, 0.4) is 0 Å². The molecule has 1 atom stereocenters. The Labute approximate surface area is 131 Å². The second kappa shape index (κ2) is 6.75. The molecule has 1 unspecified atom stereocenters. The summed E-state index contributed by atoms with van der Waals surface area (Å²) in [4.78, 5) is 11.4. The van der Waals surface area contributed by atoms with Gasteiger partial charge in [0.2, 0.25) is 0 Å². The van der Waals surface area contributed by atoms with Crippen LogP contribution in [0.2, 0.25) is 0 Å². The summed E-state index contributed by atoms with van der Waals surface area (Å²) in [5, 5.41) is 3.06. The lowest BCUT2D eigenvalue weighted by atomic mass is 10.1. The van der Waals surface area contributed by atoms with E-state index in [1.165, 1.54) is 12.0 Å². The number of methoxy groups -OCH3 is 1. The molecule has 5 nitrogen and oxygen atoms in total. The molecule has 1 aliphatic heterocycles. The molecule has 22 heavy (non-hydrogen) atoms. The number of nitrogens with one attached hydrogen (secondary N) is 1. The van der Waals surface area contributed by atoms with Gasteiger partial charge in [0.1, 0.15) is 11.6 Å². The molecule has 3 rings (SSSR count). The molecule has 0 saturated carbocycles. The maximum atomic E-state index is 5.47. The van der Waals surface area contributed by atoms with Gasteiger partial charge in [0.15, 0.2) is 0 Å². The van der Waals surface area contributed by atoms with Crippen molar-refractivity contribution in [3.05, 3.63) is 47.9 Å². The van der Waals surface area contributed by atoms with Crippen molar-refractivity contribution in [2.75, 3.05) is 26.0 Å². The molecule has 5 heteroatoms. The van der Waals surface area contributed by atoms with Crippen molar-refractivity contribution >= 4 is 5.82 Å². The molecule has 2 heterocycles. The molecule has 1 aromatic heterocycles. The van der Waals surface area contributed by atoms with Gasteiger partial charge in [-0.05, 0) is 25.5 Å². The fourth-order valence-electron chi connectivity index (χ4n) is 3.06. The molecule has 1 saturated heterocycles. The van der Waals surface area contributed by atoms with Crippen LogP contribution in [-0.2, 0) is 6.54 Å². The Bertz CT molecular complexity index is 632. The van der Waals surface area contributed by atoms with Crippen molar-refractivity contribution in [2.45, 2.75) is 25.4 Å². The Morgan fingerprint density at radius 1 is 1.32 bits per heavy atom. The molecule has 0 aliphatic carbocycles. The smallest absolute Gasteiger partial charge is 0.144 e. The Morgan fingerprint density at radius 3 is 3.00 bits per heavy atom. The highest BCUT2D eigenvalue weighted by Gasteiger charge is 2.28. The summed E-state index contributed by atoms with van der Waals surface area (Å²) in [6, 6.07) is 8.53. The summed E-state index contributed by atoms with van der Waals surface area (Å²) in [6.07, 6.45) is 5.94. The number of hydrogen-bond donors (Lipinski definition) is 1. The summed E-state index contributed by atoms with van der Waals surface area (Å²) in [7, 11) is 3.59. The van der Waals surface area contributed by atoms with E-state index >= 15 is 0 Å². The van der Waals surface area contributed by atoms with Crippen LogP contribution in [0.4, 0.5) is 5.82 Å². The van der Waals surface area contributed by atoms with Gasteiger partial charge in [-0.15, -0.1) is 0 Å². The Morgan fingerprint density at radius 2 is 2.18 bits per heavy atom. The number of benzene rings is 1. The van der Waals surface area contributed by atoms with E-state index in [1.54, 1.807) is 13.3 Å². The monoisotopic (exact) mass is 298 g/mol. The van der Waals surface area contributed by atoms with Gasteiger partial charge in [0.05, 0.1) is 31.2 Å². The average Bonchev–Trinajstić information content (AvgIpc) is 3.03. The maximum absolute atomic E-state index is 5.47. The van der Waals surface area contributed by atoms with E-state index in [9.17, 15) is 0 Å². The van der Waals surface area contributed by atoms with Gasteiger partial charge in [-0.2, -0.15) is 0 Å². The lowest BCUT2D eigenvalue weighted by Gasteiger charge is -2.24. The van der Waals surface area contributed by atoms with Gasteiger partial charge >= 0.3 is 0 Å². The fraction of sp³-hybridized carbons (Fsp3) is 0.412. The maximum Gasteiger partial charge on any atom is 0.144 e. The fourth-order valence-corrected chi connectivity index (χ4v) is 3.06. The van der Waals surface area contributed by atoms with Crippen molar-refractivity contribution in [3.63, 3.8) is 0 Å². The molecule has 1 N–H and O–H groups in total. The first-order valence-corrected chi connectivity index (χ1v) is 7.67. The molecule has 1 fully saturated rings. The van der Waals surface area contributed by atoms with E-state index in [4.69, 9.17) is 4.74 Å². The van der Waals surface area contributed by atoms with Crippen LogP contribution in [0.25, 0.3) is 0 Å². The van der Waals surface area contributed by atoms with Gasteiger partial charge < -0.3 is 10.1 Å². The minimum atomic E-state index is 0.325. The molecular weight excluding hydrogens is 276 g/mol. The van der Waals surface area contributed by atoms with Gasteiger partial charge in [-0.3, -0.25) is 9.88 Å². The molecule has 0 amide bonds. The molecule has 116 valence electrons. The molecule has 0 bridgehead atoms. The van der Waals surface area contributed by atoms with Crippen LogP contribution in [0.15, 0.2) is 36.7 Å². The van der Waals surface area contributed by atoms with Crippen molar-refractivity contribution in [2.24, 2.45) is 0 Å². The molecule has 1 aliphatic rings. The van der Waals surface area contributed by atoms with Crippen molar-refractivity contribution < 1.29 is 4.74 Å². The third-order valence-electron chi connectivity index (χ3n) is 4.18. The molecular formula is C17H22N4O. The lowest BCUT2D eigenvalue weighted by Crippen LogP contribution is -2.24. The van der Waals surface area contributed by atoms with E-state index in [1.807, 2.05) is 25.4 Å². The minimum absolute atomic E-state index is 0.325. The van der Waals surface area contributed by atoms with Gasteiger partial charge in [0, 0.05) is 19.2 Å². The van der Waals surface area contributed by atoms with E-state index < -0.39 is 0 Å². The first kappa shape index (κ1) is 14.8. The molecule has 1 aromatic carbocycles. The van der Waals surface area contributed by atoms with Crippen molar-refractivity contribution in [3.8, 4) is 5.75 Å².